The Morgan fingerprint density at radius 1 is 1.30 bits per heavy atom. The summed E-state index contributed by atoms with van der Waals surface area (Å²) in [6.07, 6.45) is 11.8. The van der Waals surface area contributed by atoms with Crippen LogP contribution in [-0.2, 0) is 14.2 Å². The van der Waals surface area contributed by atoms with E-state index in [0.29, 0.717) is 25.2 Å². The predicted molar refractivity (Wildman–Crippen MR) is 114 cm³/mol. The van der Waals surface area contributed by atoms with Crippen LogP contribution >= 0.6 is 0 Å². The van der Waals surface area contributed by atoms with Crippen LogP contribution in [0.4, 0.5) is 4.39 Å². The van der Waals surface area contributed by atoms with Crippen molar-refractivity contribution in [3.05, 3.63) is 58.2 Å². The summed E-state index contributed by atoms with van der Waals surface area (Å²) in [5.74, 6) is 1.48. The van der Waals surface area contributed by atoms with Crippen molar-refractivity contribution in [3.8, 4) is 0 Å². The molecule has 5 rings (SSSR count). The van der Waals surface area contributed by atoms with Crippen molar-refractivity contribution in [1.82, 2.24) is 0 Å². The number of aliphatic imine (C=N–C) groups is 1. The van der Waals surface area contributed by atoms with Crippen LogP contribution in [0, 0.1) is 5.92 Å². The van der Waals surface area contributed by atoms with Crippen LogP contribution in [0.1, 0.15) is 39.0 Å². The van der Waals surface area contributed by atoms with E-state index in [1.807, 2.05) is 37.4 Å². The first-order valence-electron chi connectivity index (χ1n) is 10.8. The number of hydrogen-bond acceptors (Lipinski definition) is 5. The smallest absolute Gasteiger partial charge is 0.158 e. The van der Waals surface area contributed by atoms with Gasteiger partial charge in [-0.1, -0.05) is 23.8 Å². The molecule has 0 amide bonds. The molecule has 0 aromatic carbocycles. The third-order valence-electron chi connectivity index (χ3n) is 6.67. The van der Waals surface area contributed by atoms with E-state index in [2.05, 4.69) is 4.99 Å². The quantitative estimate of drug-likeness (QED) is 0.715. The molecule has 5 nitrogen and oxygen atoms in total. The molecular formula is C24H29FN2O3. The standard InChI is InChI=1S/C24H29FN2O3/c1-14-9-15-3-4-20(23(25)16(15)10-14)30-19-5-8-27-18-12-22(21(28-2)11-17(18)19)29-13-24(26)6-7-24/h3-4,8,10,12,17,19-20,23H,5-7,9,11,13,26H2,1-2H3/t17-,19?,20+,23?/m1/s1. The number of alkyl halides is 1. The monoisotopic (exact) mass is 412 g/mol. The lowest BCUT2D eigenvalue weighted by Gasteiger charge is -2.36. The van der Waals surface area contributed by atoms with Crippen LogP contribution in [0.25, 0.3) is 0 Å². The van der Waals surface area contributed by atoms with Crippen LogP contribution in [0.2, 0.25) is 0 Å². The normalized spacial score (nSPS) is 33.7. The van der Waals surface area contributed by atoms with Crippen LogP contribution in [0.5, 0.6) is 0 Å². The van der Waals surface area contributed by atoms with Gasteiger partial charge in [0.1, 0.15) is 18.5 Å². The Morgan fingerprint density at radius 2 is 2.13 bits per heavy atom. The Balaban J connectivity index is 1.30. The number of halogens is 1. The molecule has 1 heterocycles. The SMILES string of the molecule is COC1=C(OCC2(N)CC2)C=C2N=CCC(O[C@H]3C=CC4=C(C=C(C)C4)C3F)[C@@H]2C1. The van der Waals surface area contributed by atoms with Crippen LogP contribution in [0.15, 0.2) is 63.2 Å². The van der Waals surface area contributed by atoms with Gasteiger partial charge in [-0.3, -0.25) is 4.99 Å². The number of hydrogen-bond donors (Lipinski definition) is 1. The molecule has 0 aromatic heterocycles. The van der Waals surface area contributed by atoms with E-state index >= 15 is 4.39 Å². The highest BCUT2D eigenvalue weighted by Gasteiger charge is 2.41. The minimum atomic E-state index is -1.13. The van der Waals surface area contributed by atoms with Gasteiger partial charge in [-0.2, -0.15) is 0 Å². The van der Waals surface area contributed by atoms with Crippen molar-refractivity contribution >= 4 is 6.21 Å². The van der Waals surface area contributed by atoms with Gasteiger partial charge in [0.05, 0.1) is 18.8 Å². The van der Waals surface area contributed by atoms with Gasteiger partial charge in [-0.05, 0) is 37.3 Å². The molecule has 160 valence electrons. The Bertz CT molecular complexity index is 923. The summed E-state index contributed by atoms with van der Waals surface area (Å²) < 4.78 is 33.1. The number of ether oxygens (including phenoxy) is 3. The van der Waals surface area contributed by atoms with E-state index in [9.17, 15) is 0 Å². The first-order valence-corrected chi connectivity index (χ1v) is 10.8. The molecule has 30 heavy (non-hydrogen) atoms. The fourth-order valence-electron chi connectivity index (χ4n) is 4.62. The Hall–Kier alpha value is -2.18. The minimum Gasteiger partial charge on any atom is -0.497 e. The largest absolute Gasteiger partial charge is 0.497 e. The lowest BCUT2D eigenvalue weighted by Crippen LogP contribution is -2.38. The fourth-order valence-corrected chi connectivity index (χ4v) is 4.62. The van der Waals surface area contributed by atoms with E-state index in [-0.39, 0.29) is 17.6 Å². The Labute approximate surface area is 176 Å². The number of methoxy groups -OCH3 is 1. The van der Waals surface area contributed by atoms with Crippen LogP contribution in [0.3, 0.4) is 0 Å². The second-order valence-corrected chi connectivity index (χ2v) is 9.12. The summed E-state index contributed by atoms with van der Waals surface area (Å²) >= 11 is 0. The molecule has 1 saturated carbocycles. The van der Waals surface area contributed by atoms with Crippen molar-refractivity contribution in [2.24, 2.45) is 16.6 Å². The summed E-state index contributed by atoms with van der Waals surface area (Å²) in [7, 11) is 1.65. The maximum atomic E-state index is 15.2. The van der Waals surface area contributed by atoms with Crippen molar-refractivity contribution in [1.29, 1.82) is 0 Å². The van der Waals surface area contributed by atoms with Gasteiger partial charge in [0.2, 0.25) is 0 Å². The van der Waals surface area contributed by atoms with Gasteiger partial charge in [-0.15, -0.1) is 0 Å². The van der Waals surface area contributed by atoms with Crippen LogP contribution < -0.4 is 5.73 Å². The van der Waals surface area contributed by atoms with E-state index in [0.717, 1.165) is 41.9 Å². The molecule has 1 aliphatic heterocycles. The zero-order valence-corrected chi connectivity index (χ0v) is 17.6. The van der Waals surface area contributed by atoms with Crippen LogP contribution in [-0.4, -0.2) is 43.8 Å². The van der Waals surface area contributed by atoms with Crippen molar-refractivity contribution < 1.29 is 18.6 Å². The van der Waals surface area contributed by atoms with Crippen molar-refractivity contribution in [2.75, 3.05) is 13.7 Å². The van der Waals surface area contributed by atoms with E-state index < -0.39 is 12.3 Å². The molecular weight excluding hydrogens is 383 g/mol. The van der Waals surface area contributed by atoms with E-state index in [1.165, 1.54) is 5.57 Å². The zero-order chi connectivity index (χ0) is 20.9. The second-order valence-electron chi connectivity index (χ2n) is 9.12. The summed E-state index contributed by atoms with van der Waals surface area (Å²) in [4.78, 5) is 4.58. The lowest BCUT2D eigenvalue weighted by molar-refractivity contribution is -0.0396. The molecule has 0 spiro atoms. The third-order valence-corrected chi connectivity index (χ3v) is 6.67. The number of rotatable bonds is 6. The molecule has 1 fully saturated rings. The van der Waals surface area contributed by atoms with E-state index in [4.69, 9.17) is 19.9 Å². The van der Waals surface area contributed by atoms with Gasteiger partial charge in [0.25, 0.3) is 0 Å². The van der Waals surface area contributed by atoms with Crippen molar-refractivity contribution in [3.63, 3.8) is 0 Å². The number of nitrogens with two attached hydrogens (primary N) is 1. The van der Waals surface area contributed by atoms with Gasteiger partial charge in [0, 0.05) is 36.7 Å². The Kier molecular flexibility index (Phi) is 4.94. The molecule has 4 atom stereocenters. The Morgan fingerprint density at radius 3 is 2.90 bits per heavy atom. The van der Waals surface area contributed by atoms with E-state index in [1.54, 1.807) is 7.11 Å². The maximum Gasteiger partial charge on any atom is 0.158 e. The topological polar surface area (TPSA) is 66.1 Å². The van der Waals surface area contributed by atoms with Crippen molar-refractivity contribution in [2.45, 2.75) is 62.9 Å². The number of fused-ring (bicyclic) bond motifs is 1. The molecule has 2 N–H and O–H groups in total. The summed E-state index contributed by atoms with van der Waals surface area (Å²) in [5, 5.41) is 0. The van der Waals surface area contributed by atoms with Gasteiger partial charge >= 0.3 is 0 Å². The van der Waals surface area contributed by atoms with Gasteiger partial charge in [-0.25, -0.2) is 4.39 Å². The number of allylic oxidation sites excluding steroid dienone is 6. The summed E-state index contributed by atoms with van der Waals surface area (Å²) in [6, 6.07) is 0. The molecule has 5 aliphatic rings. The molecule has 4 aliphatic carbocycles. The molecule has 6 heteroatoms. The third kappa shape index (κ3) is 3.67. The van der Waals surface area contributed by atoms with Gasteiger partial charge < -0.3 is 19.9 Å². The highest BCUT2D eigenvalue weighted by atomic mass is 19.1. The molecule has 0 saturated heterocycles. The maximum absolute atomic E-state index is 15.2. The minimum absolute atomic E-state index is 0.0156. The first-order chi connectivity index (χ1) is 14.5. The summed E-state index contributed by atoms with van der Waals surface area (Å²) in [6.45, 7) is 2.52. The summed E-state index contributed by atoms with van der Waals surface area (Å²) in [5.41, 5.74) is 9.90. The number of nitrogens with zero attached hydrogens (tertiary/aromatic N) is 1. The average Bonchev–Trinajstić information content (AvgIpc) is 3.35. The predicted octanol–water partition coefficient (Wildman–Crippen LogP) is 4.04. The highest BCUT2D eigenvalue weighted by Crippen LogP contribution is 2.41. The molecule has 0 bridgehead atoms. The first kappa shape index (κ1) is 19.8. The average molecular weight is 413 g/mol. The van der Waals surface area contributed by atoms with Gasteiger partial charge in [0.15, 0.2) is 11.9 Å². The highest BCUT2D eigenvalue weighted by molar-refractivity contribution is 5.62. The second kappa shape index (κ2) is 7.50. The molecule has 0 aromatic rings. The lowest BCUT2D eigenvalue weighted by atomic mass is 9.86. The fraction of sp³-hybridized carbons (Fsp3) is 0.542. The zero-order valence-electron chi connectivity index (χ0n) is 17.6. The molecule has 2 unspecified atom stereocenters. The molecule has 0 radical (unpaired) electrons.